The molecule has 1 fully saturated rings. The number of carbonyl (C=O) groups excluding carboxylic acids is 1. The van der Waals surface area contributed by atoms with Crippen LogP contribution in [0.15, 0.2) is 35.3 Å². The van der Waals surface area contributed by atoms with E-state index in [9.17, 15) is 9.59 Å². The Labute approximate surface area is 161 Å². The number of benzene rings is 1. The highest BCUT2D eigenvalue weighted by molar-refractivity contribution is 5.84. The van der Waals surface area contributed by atoms with Crippen LogP contribution in [0.1, 0.15) is 24.2 Å². The van der Waals surface area contributed by atoms with Crippen LogP contribution in [-0.4, -0.2) is 48.8 Å². The van der Waals surface area contributed by atoms with Crippen molar-refractivity contribution in [2.24, 2.45) is 7.05 Å². The lowest BCUT2D eigenvalue weighted by molar-refractivity contribution is -0.133. The van der Waals surface area contributed by atoms with Crippen molar-refractivity contribution in [2.75, 3.05) is 13.1 Å². The van der Waals surface area contributed by atoms with Gasteiger partial charge in [0.2, 0.25) is 5.91 Å². The van der Waals surface area contributed by atoms with Crippen LogP contribution in [0.2, 0.25) is 0 Å². The molecular weight excluding hydrogens is 358 g/mol. The molecule has 8 nitrogen and oxygen atoms in total. The fourth-order valence-corrected chi connectivity index (χ4v) is 4.41. The minimum Gasteiger partial charge on any atom is -0.363 e. The van der Waals surface area contributed by atoms with Crippen molar-refractivity contribution in [1.82, 2.24) is 24.2 Å². The number of rotatable bonds is 3. The highest BCUT2D eigenvalue weighted by atomic mass is 16.5. The second-order valence-electron chi connectivity index (χ2n) is 7.81. The normalized spacial score (nSPS) is 21.5. The van der Waals surface area contributed by atoms with Gasteiger partial charge in [-0.15, -0.1) is 0 Å². The average Bonchev–Trinajstić information content (AvgIpc) is 3.38. The van der Waals surface area contributed by atoms with Crippen LogP contribution in [0.5, 0.6) is 0 Å². The third kappa shape index (κ3) is 2.75. The molecule has 1 saturated heterocycles. The Balaban J connectivity index is 1.25. The number of aryl methyl sites for hydroxylation is 2. The minimum absolute atomic E-state index is 0.123. The Morgan fingerprint density at radius 1 is 1.32 bits per heavy atom. The van der Waals surface area contributed by atoms with Gasteiger partial charge < -0.3 is 14.6 Å². The number of nitrogens with zero attached hydrogens (tertiary/aromatic N) is 4. The number of nitrogens with one attached hydrogen (secondary N) is 1. The fourth-order valence-electron chi connectivity index (χ4n) is 4.41. The maximum Gasteiger partial charge on any atom is 0.345 e. The highest BCUT2D eigenvalue weighted by Gasteiger charge is 2.44. The van der Waals surface area contributed by atoms with Crippen molar-refractivity contribution in [1.29, 1.82) is 0 Å². The lowest BCUT2D eigenvalue weighted by Crippen LogP contribution is -2.47. The largest absolute Gasteiger partial charge is 0.363 e. The third-order valence-electron chi connectivity index (χ3n) is 5.99. The molecule has 0 radical (unpaired) electrons. The van der Waals surface area contributed by atoms with Crippen LogP contribution in [0.4, 0.5) is 0 Å². The second-order valence-corrected chi connectivity index (χ2v) is 7.81. The van der Waals surface area contributed by atoms with Gasteiger partial charge in [-0.3, -0.25) is 9.36 Å². The number of hydrogen-bond acceptors (Lipinski definition) is 4. The summed E-state index contributed by atoms with van der Waals surface area (Å²) in [4.78, 5) is 30.2. The van der Waals surface area contributed by atoms with Crippen molar-refractivity contribution in [3.63, 3.8) is 0 Å². The number of amides is 1. The Morgan fingerprint density at radius 3 is 3.07 bits per heavy atom. The predicted molar refractivity (Wildman–Crippen MR) is 103 cm³/mol. The number of aromatic amines is 1. The number of para-hydroxylation sites is 1. The Kier molecular flexibility index (Phi) is 3.90. The van der Waals surface area contributed by atoms with Crippen LogP contribution in [0.3, 0.4) is 0 Å². The minimum atomic E-state index is -0.476. The van der Waals surface area contributed by atoms with Crippen molar-refractivity contribution in [3.05, 3.63) is 52.3 Å². The zero-order valence-corrected chi connectivity index (χ0v) is 15.9. The number of likely N-dealkylation sites (tertiary alicyclic amines) is 1. The van der Waals surface area contributed by atoms with E-state index in [1.165, 1.54) is 15.6 Å². The molecule has 8 heteroatoms. The number of carbonyl (C=O) groups is 1. The predicted octanol–water partition coefficient (Wildman–Crippen LogP) is 1.20. The molecule has 1 aromatic carbocycles. The number of fused-ring (bicyclic) bond motifs is 2. The van der Waals surface area contributed by atoms with Gasteiger partial charge in [0.15, 0.2) is 5.82 Å². The smallest absolute Gasteiger partial charge is 0.345 e. The zero-order valence-electron chi connectivity index (χ0n) is 15.9. The van der Waals surface area contributed by atoms with E-state index in [1.807, 2.05) is 29.3 Å². The molecule has 0 saturated carbocycles. The topological polar surface area (TPSA) is 85.2 Å². The molecule has 2 aliphatic heterocycles. The highest BCUT2D eigenvalue weighted by Crippen LogP contribution is 2.32. The van der Waals surface area contributed by atoms with E-state index in [0.717, 1.165) is 11.9 Å². The molecule has 146 valence electrons. The Morgan fingerprint density at radius 2 is 2.18 bits per heavy atom. The number of hydrogen-bond donors (Lipinski definition) is 1. The Hall–Kier alpha value is -2.87. The number of ether oxygens (including phenoxy) is 1. The summed E-state index contributed by atoms with van der Waals surface area (Å²) >= 11 is 0. The molecule has 1 spiro atoms. The summed E-state index contributed by atoms with van der Waals surface area (Å²) in [7, 11) is 1.65. The number of H-pyrrole nitrogens is 1. The lowest BCUT2D eigenvalue weighted by atomic mass is 10.0. The number of aromatic nitrogens is 4. The third-order valence-corrected chi connectivity index (χ3v) is 5.99. The van der Waals surface area contributed by atoms with Gasteiger partial charge in [-0.25, -0.2) is 9.48 Å². The van der Waals surface area contributed by atoms with Crippen LogP contribution in [-0.2, 0) is 36.2 Å². The molecule has 1 amide bonds. The van der Waals surface area contributed by atoms with E-state index in [-0.39, 0.29) is 11.6 Å². The molecule has 0 bridgehead atoms. The molecule has 3 aromatic rings. The molecule has 2 aromatic heterocycles. The quantitative estimate of drug-likeness (QED) is 0.739. The summed E-state index contributed by atoms with van der Waals surface area (Å²) < 4.78 is 9.10. The van der Waals surface area contributed by atoms with Gasteiger partial charge in [0.1, 0.15) is 12.2 Å². The van der Waals surface area contributed by atoms with Crippen LogP contribution < -0.4 is 5.69 Å². The first-order valence-corrected chi connectivity index (χ1v) is 9.64. The van der Waals surface area contributed by atoms with Crippen molar-refractivity contribution in [3.8, 4) is 0 Å². The summed E-state index contributed by atoms with van der Waals surface area (Å²) in [5.41, 5.74) is 1.66. The molecule has 1 atom stereocenters. The molecule has 1 N–H and O–H groups in total. The van der Waals surface area contributed by atoms with Crippen LogP contribution in [0.25, 0.3) is 10.9 Å². The second kappa shape index (κ2) is 6.34. The first-order valence-electron chi connectivity index (χ1n) is 9.64. The van der Waals surface area contributed by atoms with Gasteiger partial charge in [0.25, 0.3) is 0 Å². The van der Waals surface area contributed by atoms with Crippen LogP contribution in [0, 0.1) is 0 Å². The average molecular weight is 381 g/mol. The molecule has 1 unspecified atom stereocenters. The first kappa shape index (κ1) is 17.2. The zero-order chi connectivity index (χ0) is 19.3. The maximum atomic E-state index is 12.8. The van der Waals surface area contributed by atoms with Gasteiger partial charge in [0, 0.05) is 37.1 Å². The van der Waals surface area contributed by atoms with E-state index in [4.69, 9.17) is 4.74 Å². The molecule has 5 rings (SSSR count). The molecule has 2 aliphatic rings. The van der Waals surface area contributed by atoms with Crippen molar-refractivity contribution < 1.29 is 9.53 Å². The standard InChI is InChI=1S/C20H23N5O3/c1-23-19(27)25-13-20(28-11-17(25)22-23)8-9-24(12-20)18(26)7-6-14-10-21-16-5-3-2-4-15(14)16/h2-5,10,21H,6-9,11-13H2,1H3. The van der Waals surface area contributed by atoms with Gasteiger partial charge in [-0.1, -0.05) is 18.2 Å². The van der Waals surface area contributed by atoms with Gasteiger partial charge >= 0.3 is 5.69 Å². The molecular formula is C20H23N5O3. The van der Waals surface area contributed by atoms with E-state index in [1.54, 1.807) is 11.6 Å². The summed E-state index contributed by atoms with van der Waals surface area (Å²) in [6.45, 7) is 1.96. The summed E-state index contributed by atoms with van der Waals surface area (Å²) in [6, 6.07) is 8.14. The lowest BCUT2D eigenvalue weighted by Gasteiger charge is -2.33. The van der Waals surface area contributed by atoms with Gasteiger partial charge in [0.05, 0.1) is 13.1 Å². The summed E-state index contributed by atoms with van der Waals surface area (Å²) in [5, 5.41) is 5.37. The van der Waals surface area contributed by atoms with E-state index < -0.39 is 5.60 Å². The summed E-state index contributed by atoms with van der Waals surface area (Å²) in [6.07, 6.45) is 3.91. The van der Waals surface area contributed by atoms with E-state index in [2.05, 4.69) is 16.1 Å². The SMILES string of the molecule is Cn1nc2n(c1=O)CC1(CCN(C(=O)CCc3c[nH]c4ccccc34)C1)OC2. The molecule has 0 aliphatic carbocycles. The van der Waals surface area contributed by atoms with Crippen molar-refractivity contribution in [2.45, 2.75) is 38.0 Å². The van der Waals surface area contributed by atoms with Gasteiger partial charge in [-0.05, 0) is 24.5 Å². The maximum absolute atomic E-state index is 12.8. The van der Waals surface area contributed by atoms with Gasteiger partial charge in [-0.2, -0.15) is 5.10 Å². The fraction of sp³-hybridized carbons (Fsp3) is 0.450. The monoisotopic (exact) mass is 381 g/mol. The van der Waals surface area contributed by atoms with Crippen molar-refractivity contribution >= 4 is 16.8 Å². The van der Waals surface area contributed by atoms with E-state index >= 15 is 0 Å². The van der Waals surface area contributed by atoms with Crippen LogP contribution >= 0.6 is 0 Å². The van der Waals surface area contributed by atoms with E-state index in [0.29, 0.717) is 44.9 Å². The first-order chi connectivity index (χ1) is 13.5. The summed E-state index contributed by atoms with van der Waals surface area (Å²) in [5.74, 6) is 0.789. The Bertz CT molecular complexity index is 1110. The molecule has 4 heterocycles. The molecule has 28 heavy (non-hydrogen) atoms.